The number of halogens is 1. The number of aromatic nitrogens is 3. The lowest BCUT2D eigenvalue weighted by Crippen LogP contribution is -2.07. The highest BCUT2D eigenvalue weighted by molar-refractivity contribution is 7.71. The number of aromatic amines is 1. The van der Waals surface area contributed by atoms with Crippen molar-refractivity contribution in [1.82, 2.24) is 14.8 Å². The maximum absolute atomic E-state index is 11.2. The first-order chi connectivity index (χ1) is 9.40. The summed E-state index contributed by atoms with van der Waals surface area (Å²) in [6.07, 6.45) is 0. The van der Waals surface area contributed by atoms with Gasteiger partial charge in [-0.3, -0.25) is 19.8 Å². The minimum absolute atomic E-state index is 0.0866. The van der Waals surface area contributed by atoms with E-state index in [0.717, 1.165) is 0 Å². The molecule has 8 heteroatoms. The molecule has 0 atom stereocenters. The summed E-state index contributed by atoms with van der Waals surface area (Å²) in [6.45, 7) is 4.70. The van der Waals surface area contributed by atoms with Crippen molar-refractivity contribution in [2.45, 2.75) is 20.4 Å². The van der Waals surface area contributed by atoms with Crippen LogP contribution >= 0.6 is 23.8 Å². The number of nitrogens with one attached hydrogen (secondary N) is 1. The van der Waals surface area contributed by atoms with Crippen LogP contribution in [-0.4, -0.2) is 19.7 Å². The Hall–Kier alpha value is -1.73. The molecule has 0 bridgehead atoms. The molecule has 0 spiro atoms. The van der Waals surface area contributed by atoms with Crippen LogP contribution in [0.5, 0.6) is 0 Å². The molecule has 0 aliphatic heterocycles. The van der Waals surface area contributed by atoms with Gasteiger partial charge in [0.2, 0.25) is 0 Å². The number of rotatable bonds is 4. The molecule has 1 heterocycles. The third kappa shape index (κ3) is 2.88. The molecule has 0 radical (unpaired) electrons. The number of benzene rings is 1. The lowest BCUT2D eigenvalue weighted by molar-refractivity contribution is -0.384. The fraction of sp³-hybridized carbons (Fsp3) is 0.333. The number of nitrogens with zero attached hydrogens (tertiary/aromatic N) is 3. The van der Waals surface area contributed by atoms with E-state index in [1.54, 1.807) is 16.7 Å². The molecule has 6 nitrogen and oxygen atoms in total. The van der Waals surface area contributed by atoms with Crippen LogP contribution < -0.4 is 0 Å². The summed E-state index contributed by atoms with van der Waals surface area (Å²) in [7, 11) is 0. The zero-order chi connectivity index (χ0) is 14.9. The predicted octanol–water partition coefficient (Wildman–Crippen LogP) is 3.83. The Bertz CT molecular complexity index is 708. The third-order valence-corrected chi connectivity index (χ3v) is 3.25. The Morgan fingerprint density at radius 1 is 1.55 bits per heavy atom. The minimum atomic E-state index is -0.474. The van der Waals surface area contributed by atoms with Gasteiger partial charge in [0.05, 0.1) is 10.5 Å². The van der Waals surface area contributed by atoms with Crippen molar-refractivity contribution >= 4 is 29.5 Å². The predicted molar refractivity (Wildman–Crippen MR) is 79.4 cm³/mol. The van der Waals surface area contributed by atoms with Crippen molar-refractivity contribution in [1.29, 1.82) is 0 Å². The maximum atomic E-state index is 11.2. The zero-order valence-electron chi connectivity index (χ0n) is 11.0. The van der Waals surface area contributed by atoms with Gasteiger partial charge >= 0.3 is 0 Å². The largest absolute Gasteiger partial charge is 0.300 e. The molecule has 0 fully saturated rings. The van der Waals surface area contributed by atoms with Gasteiger partial charge in [-0.2, -0.15) is 5.10 Å². The first-order valence-corrected chi connectivity index (χ1v) is 6.78. The highest BCUT2D eigenvalue weighted by Crippen LogP contribution is 2.31. The fourth-order valence-corrected chi connectivity index (χ4v) is 2.28. The molecule has 20 heavy (non-hydrogen) atoms. The summed E-state index contributed by atoms with van der Waals surface area (Å²) in [5.74, 6) is 0.788. The molecule has 0 amide bonds. The van der Waals surface area contributed by atoms with E-state index >= 15 is 0 Å². The summed E-state index contributed by atoms with van der Waals surface area (Å²) in [6, 6.07) is 4.50. The molecular formula is C12H13ClN4O2S. The summed E-state index contributed by atoms with van der Waals surface area (Å²) in [5.41, 5.74) is 0.309. The molecule has 106 valence electrons. The van der Waals surface area contributed by atoms with Gasteiger partial charge in [0.25, 0.3) is 5.69 Å². The molecule has 0 unspecified atom stereocenters. The zero-order valence-corrected chi connectivity index (χ0v) is 12.5. The van der Waals surface area contributed by atoms with Gasteiger partial charge in [-0.15, -0.1) is 0 Å². The molecule has 0 aliphatic carbocycles. The Morgan fingerprint density at radius 2 is 2.25 bits per heavy atom. The lowest BCUT2D eigenvalue weighted by atomic mass is 10.1. The minimum Gasteiger partial charge on any atom is -0.300 e. The molecule has 0 saturated heterocycles. The second-order valence-corrected chi connectivity index (χ2v) is 5.60. The summed E-state index contributed by atoms with van der Waals surface area (Å²) < 4.78 is 2.20. The first-order valence-electron chi connectivity index (χ1n) is 5.99. The average Bonchev–Trinajstić information content (AvgIpc) is 2.70. The Kier molecular flexibility index (Phi) is 4.20. The molecule has 0 aliphatic rings. The number of hydrogen-bond acceptors (Lipinski definition) is 4. The van der Waals surface area contributed by atoms with Crippen molar-refractivity contribution in [2.75, 3.05) is 0 Å². The normalized spacial score (nSPS) is 11.0. The van der Waals surface area contributed by atoms with E-state index in [1.807, 2.05) is 13.8 Å². The van der Waals surface area contributed by atoms with Gasteiger partial charge in [0.1, 0.15) is 0 Å². The molecule has 1 N–H and O–H groups in total. The number of nitro groups is 1. The summed E-state index contributed by atoms with van der Waals surface area (Å²) in [5, 5.41) is 18.3. The van der Waals surface area contributed by atoms with Gasteiger partial charge in [-0.1, -0.05) is 25.4 Å². The van der Waals surface area contributed by atoms with E-state index in [0.29, 0.717) is 33.6 Å². The van der Waals surface area contributed by atoms with E-state index < -0.39 is 4.92 Å². The summed E-state index contributed by atoms with van der Waals surface area (Å²) >= 11 is 11.0. The van der Waals surface area contributed by atoms with Crippen LogP contribution in [0.3, 0.4) is 0 Å². The summed E-state index contributed by atoms with van der Waals surface area (Å²) in [4.78, 5) is 10.7. The molecular weight excluding hydrogens is 300 g/mol. The number of nitro benzene ring substituents is 1. The van der Waals surface area contributed by atoms with Crippen LogP contribution in [0.2, 0.25) is 5.02 Å². The Balaban J connectivity index is 2.63. The van der Waals surface area contributed by atoms with Crippen LogP contribution in [-0.2, 0) is 6.54 Å². The number of H-pyrrole nitrogens is 1. The van der Waals surface area contributed by atoms with Gasteiger partial charge in [0.15, 0.2) is 10.6 Å². The second-order valence-electron chi connectivity index (χ2n) is 4.78. The van der Waals surface area contributed by atoms with Crippen molar-refractivity contribution in [3.8, 4) is 11.4 Å². The second kappa shape index (κ2) is 5.72. The highest BCUT2D eigenvalue weighted by atomic mass is 35.5. The number of hydrogen-bond donors (Lipinski definition) is 1. The quantitative estimate of drug-likeness (QED) is 0.529. The molecule has 2 aromatic rings. The third-order valence-electron chi connectivity index (χ3n) is 2.70. The molecule has 1 aromatic heterocycles. The lowest BCUT2D eigenvalue weighted by Gasteiger charge is -2.09. The van der Waals surface area contributed by atoms with Crippen molar-refractivity contribution in [3.63, 3.8) is 0 Å². The average molecular weight is 313 g/mol. The van der Waals surface area contributed by atoms with Gasteiger partial charge < -0.3 is 0 Å². The van der Waals surface area contributed by atoms with Crippen molar-refractivity contribution in [2.24, 2.45) is 5.92 Å². The van der Waals surface area contributed by atoms with E-state index in [9.17, 15) is 10.1 Å². The van der Waals surface area contributed by atoms with E-state index in [-0.39, 0.29) is 5.69 Å². The van der Waals surface area contributed by atoms with Gasteiger partial charge in [-0.05, 0) is 30.3 Å². The Labute approximate surface area is 125 Å². The van der Waals surface area contributed by atoms with Gasteiger partial charge in [-0.25, -0.2) is 0 Å². The monoisotopic (exact) mass is 312 g/mol. The van der Waals surface area contributed by atoms with Crippen LogP contribution in [0.4, 0.5) is 5.69 Å². The highest BCUT2D eigenvalue weighted by Gasteiger charge is 2.21. The standard InChI is InChI=1S/C12H13ClN4O2S/c1-7(2)6-16-11(14-15-12(16)20)9-4-3-8(13)5-10(9)17(18)19/h3-5,7H,6H2,1-2H3,(H,15,20). The van der Waals surface area contributed by atoms with Crippen molar-refractivity contribution < 1.29 is 4.92 Å². The Morgan fingerprint density at radius 3 is 2.85 bits per heavy atom. The molecule has 0 saturated carbocycles. The molecule has 2 rings (SSSR count). The van der Waals surface area contributed by atoms with Crippen molar-refractivity contribution in [3.05, 3.63) is 38.1 Å². The maximum Gasteiger partial charge on any atom is 0.281 e. The van der Waals surface area contributed by atoms with E-state index in [1.165, 1.54) is 6.07 Å². The van der Waals surface area contributed by atoms with E-state index in [4.69, 9.17) is 23.8 Å². The SMILES string of the molecule is CC(C)Cn1c(-c2ccc(Cl)cc2[N+](=O)[O-])n[nH]c1=S. The van der Waals surface area contributed by atoms with Crippen LogP contribution in [0, 0.1) is 20.8 Å². The van der Waals surface area contributed by atoms with Crippen LogP contribution in [0.1, 0.15) is 13.8 Å². The topological polar surface area (TPSA) is 76.8 Å². The van der Waals surface area contributed by atoms with Gasteiger partial charge in [0, 0.05) is 17.6 Å². The van der Waals surface area contributed by atoms with Crippen LogP contribution in [0.15, 0.2) is 18.2 Å². The van der Waals surface area contributed by atoms with Crippen LogP contribution in [0.25, 0.3) is 11.4 Å². The van der Waals surface area contributed by atoms with E-state index in [2.05, 4.69) is 10.2 Å². The fourth-order valence-electron chi connectivity index (χ4n) is 1.90. The first kappa shape index (κ1) is 14.7. The molecule has 1 aromatic carbocycles. The smallest absolute Gasteiger partial charge is 0.281 e.